The smallest absolute Gasteiger partial charge is 0.262 e. The van der Waals surface area contributed by atoms with Gasteiger partial charge in [0.15, 0.2) is 5.65 Å². The predicted molar refractivity (Wildman–Crippen MR) is 94.6 cm³/mol. The van der Waals surface area contributed by atoms with E-state index in [4.69, 9.17) is 10.7 Å². The maximum absolute atomic E-state index is 12.6. The maximum Gasteiger partial charge on any atom is 0.262 e. The molecule has 0 aliphatic heterocycles. The standard InChI is InChI=1S/C17H25N5O/c1-4-5-6-7-22-16-12(8-19-22)15(18)14-13(20-16)10-21(17(14)23)9-11(2)3/h8,10-11,19H,4-7,9,18H2,1-3H3. The molecule has 124 valence electrons. The van der Waals surface area contributed by atoms with Crippen molar-refractivity contribution >= 4 is 27.6 Å². The third kappa shape index (κ3) is 2.73. The van der Waals surface area contributed by atoms with Gasteiger partial charge in [0.25, 0.3) is 5.56 Å². The van der Waals surface area contributed by atoms with Crippen molar-refractivity contribution in [2.45, 2.75) is 53.1 Å². The summed E-state index contributed by atoms with van der Waals surface area (Å²) < 4.78 is 3.74. The van der Waals surface area contributed by atoms with Crippen molar-refractivity contribution < 1.29 is 0 Å². The summed E-state index contributed by atoms with van der Waals surface area (Å²) in [5, 5.41) is 4.58. The molecule has 0 aromatic carbocycles. The first-order valence-corrected chi connectivity index (χ1v) is 8.39. The van der Waals surface area contributed by atoms with Crippen molar-refractivity contribution in [3.63, 3.8) is 0 Å². The quantitative estimate of drug-likeness (QED) is 0.686. The number of aryl methyl sites for hydroxylation is 1. The molecule has 23 heavy (non-hydrogen) atoms. The van der Waals surface area contributed by atoms with Crippen LogP contribution in [0.1, 0.15) is 40.0 Å². The second-order valence-electron chi connectivity index (χ2n) is 6.64. The number of nitrogens with one attached hydrogen (secondary N) is 1. The van der Waals surface area contributed by atoms with E-state index in [1.165, 1.54) is 12.8 Å². The number of rotatable bonds is 6. The van der Waals surface area contributed by atoms with Gasteiger partial charge < -0.3 is 15.4 Å². The summed E-state index contributed by atoms with van der Waals surface area (Å²) in [6, 6.07) is 0. The zero-order valence-corrected chi connectivity index (χ0v) is 14.1. The minimum absolute atomic E-state index is 0.0423. The molecule has 3 N–H and O–H groups in total. The first kappa shape index (κ1) is 15.6. The van der Waals surface area contributed by atoms with Crippen molar-refractivity contribution in [3.8, 4) is 0 Å². The van der Waals surface area contributed by atoms with Crippen molar-refractivity contribution in [1.29, 1.82) is 0 Å². The van der Waals surface area contributed by atoms with Gasteiger partial charge >= 0.3 is 0 Å². The molecule has 0 amide bonds. The Morgan fingerprint density at radius 3 is 2.83 bits per heavy atom. The van der Waals surface area contributed by atoms with Crippen LogP contribution in [0.2, 0.25) is 0 Å². The molecule has 0 bridgehead atoms. The Morgan fingerprint density at radius 1 is 1.35 bits per heavy atom. The lowest BCUT2D eigenvalue weighted by molar-refractivity contribution is 0.517. The molecule has 6 nitrogen and oxygen atoms in total. The van der Waals surface area contributed by atoms with Crippen LogP contribution in [-0.2, 0) is 13.1 Å². The van der Waals surface area contributed by atoms with Crippen LogP contribution in [0.15, 0.2) is 17.2 Å². The lowest BCUT2D eigenvalue weighted by Crippen LogP contribution is -2.17. The van der Waals surface area contributed by atoms with Gasteiger partial charge in [-0.2, -0.15) is 0 Å². The van der Waals surface area contributed by atoms with Gasteiger partial charge in [-0.25, -0.2) is 4.98 Å². The van der Waals surface area contributed by atoms with Gasteiger partial charge in [-0.15, -0.1) is 0 Å². The van der Waals surface area contributed by atoms with Gasteiger partial charge in [0, 0.05) is 25.5 Å². The zero-order valence-electron chi connectivity index (χ0n) is 14.1. The second kappa shape index (κ2) is 6.10. The fourth-order valence-electron chi connectivity index (χ4n) is 3.06. The molecule has 0 fully saturated rings. The van der Waals surface area contributed by atoms with Gasteiger partial charge in [0.05, 0.1) is 22.0 Å². The first-order chi connectivity index (χ1) is 11.0. The number of fused-ring (bicyclic) bond motifs is 2. The van der Waals surface area contributed by atoms with Crippen molar-refractivity contribution in [1.82, 2.24) is 19.3 Å². The lowest BCUT2D eigenvalue weighted by Gasteiger charge is -2.04. The summed E-state index contributed by atoms with van der Waals surface area (Å²) in [5.74, 6) is 0.399. The summed E-state index contributed by atoms with van der Waals surface area (Å²) in [6.07, 6.45) is 7.13. The molecule has 0 saturated carbocycles. The zero-order chi connectivity index (χ0) is 16.6. The molecule has 0 saturated heterocycles. The summed E-state index contributed by atoms with van der Waals surface area (Å²) >= 11 is 0. The Labute approximate surface area is 135 Å². The monoisotopic (exact) mass is 315 g/mol. The van der Waals surface area contributed by atoms with Crippen LogP contribution >= 0.6 is 0 Å². The van der Waals surface area contributed by atoms with E-state index in [0.717, 1.165) is 24.0 Å². The molecule has 3 heterocycles. The van der Waals surface area contributed by atoms with E-state index in [9.17, 15) is 4.79 Å². The van der Waals surface area contributed by atoms with Crippen LogP contribution in [0.5, 0.6) is 0 Å². The number of hydrogen-bond donors (Lipinski definition) is 2. The molecule has 3 aromatic rings. The number of nitrogens with zero attached hydrogens (tertiary/aromatic N) is 3. The van der Waals surface area contributed by atoms with Gasteiger partial charge in [-0.3, -0.25) is 9.48 Å². The predicted octanol–water partition coefficient (Wildman–Crippen LogP) is 3.11. The summed E-state index contributed by atoms with van der Waals surface area (Å²) in [7, 11) is 0. The molecule has 6 heteroatoms. The minimum Gasteiger partial charge on any atom is -0.397 e. The number of nitrogens with two attached hydrogens (primary N) is 1. The Balaban J connectivity index is 2.12. The Morgan fingerprint density at radius 2 is 2.13 bits per heavy atom. The molecule has 0 spiro atoms. The molecule has 0 aliphatic rings. The average molecular weight is 315 g/mol. The van der Waals surface area contributed by atoms with Crippen LogP contribution in [0.4, 0.5) is 5.69 Å². The lowest BCUT2D eigenvalue weighted by atomic mass is 10.2. The van der Waals surface area contributed by atoms with Gasteiger partial charge in [-0.05, 0) is 12.3 Å². The number of unbranched alkanes of at least 4 members (excludes halogenated alkanes) is 2. The third-order valence-corrected chi connectivity index (χ3v) is 4.20. The molecule has 0 radical (unpaired) electrons. The average Bonchev–Trinajstić information content (AvgIpc) is 3.02. The highest BCUT2D eigenvalue weighted by Gasteiger charge is 2.16. The van der Waals surface area contributed by atoms with Crippen molar-refractivity contribution in [2.24, 2.45) is 5.92 Å². The number of pyridine rings is 1. The first-order valence-electron chi connectivity index (χ1n) is 8.39. The SMILES string of the molecule is CCCCCn1[nH]cc2c(N)c3c(=O)n(CC(C)C)cc3nc21. The topological polar surface area (TPSA) is 81.6 Å². The summed E-state index contributed by atoms with van der Waals surface area (Å²) in [5.41, 5.74) is 8.28. The Hall–Kier alpha value is -2.24. The Kier molecular flexibility index (Phi) is 4.15. The highest BCUT2D eigenvalue weighted by molar-refractivity contribution is 6.05. The molecular weight excluding hydrogens is 290 g/mol. The number of aromatic nitrogens is 4. The van der Waals surface area contributed by atoms with E-state index in [0.29, 0.717) is 29.1 Å². The van der Waals surface area contributed by atoms with E-state index in [1.54, 1.807) is 4.57 Å². The summed E-state index contributed by atoms with van der Waals surface area (Å²) in [4.78, 5) is 17.3. The minimum atomic E-state index is -0.0423. The van der Waals surface area contributed by atoms with Gasteiger partial charge in [-0.1, -0.05) is 33.6 Å². The van der Waals surface area contributed by atoms with Crippen molar-refractivity contribution in [3.05, 3.63) is 22.7 Å². The fourth-order valence-corrected chi connectivity index (χ4v) is 3.06. The van der Waals surface area contributed by atoms with Crippen LogP contribution in [0, 0.1) is 5.92 Å². The second-order valence-corrected chi connectivity index (χ2v) is 6.64. The van der Waals surface area contributed by atoms with Crippen LogP contribution in [-0.4, -0.2) is 19.3 Å². The van der Waals surface area contributed by atoms with Crippen LogP contribution < -0.4 is 11.3 Å². The number of nitrogen functional groups attached to an aromatic ring is 1. The van der Waals surface area contributed by atoms with Gasteiger partial charge in [0.1, 0.15) is 0 Å². The summed E-state index contributed by atoms with van der Waals surface area (Å²) in [6.45, 7) is 7.93. The van der Waals surface area contributed by atoms with Crippen molar-refractivity contribution in [2.75, 3.05) is 5.73 Å². The number of aromatic amines is 1. The van der Waals surface area contributed by atoms with E-state index in [-0.39, 0.29) is 5.56 Å². The number of H-pyrrole nitrogens is 1. The van der Waals surface area contributed by atoms with Crippen LogP contribution in [0.3, 0.4) is 0 Å². The molecule has 3 aromatic heterocycles. The highest BCUT2D eigenvalue weighted by atomic mass is 16.1. The largest absolute Gasteiger partial charge is 0.397 e. The van der Waals surface area contributed by atoms with Gasteiger partial charge in [0.2, 0.25) is 0 Å². The normalized spacial score (nSPS) is 12.0. The Bertz CT molecular complexity index is 884. The molecule has 0 aliphatic carbocycles. The molecule has 0 atom stereocenters. The van der Waals surface area contributed by atoms with E-state index in [2.05, 4.69) is 25.9 Å². The number of anilines is 1. The third-order valence-electron chi connectivity index (χ3n) is 4.20. The molecule has 0 unspecified atom stereocenters. The number of hydrogen-bond acceptors (Lipinski definition) is 3. The fraction of sp³-hybridized carbons (Fsp3) is 0.529. The maximum atomic E-state index is 12.6. The van der Waals surface area contributed by atoms with E-state index < -0.39 is 0 Å². The molecule has 3 rings (SSSR count). The molecular formula is C17H25N5O. The van der Waals surface area contributed by atoms with E-state index >= 15 is 0 Å². The van der Waals surface area contributed by atoms with E-state index in [1.807, 2.05) is 17.1 Å². The highest BCUT2D eigenvalue weighted by Crippen LogP contribution is 2.26. The van der Waals surface area contributed by atoms with Crippen LogP contribution in [0.25, 0.3) is 21.9 Å².